The van der Waals surface area contributed by atoms with Crippen molar-refractivity contribution >= 4 is 0 Å². The molecular formula is C11H6F12N2O2. The van der Waals surface area contributed by atoms with E-state index in [9.17, 15) is 52.7 Å². The maximum absolute atomic E-state index is 13.1. The third-order valence-corrected chi connectivity index (χ3v) is 4.38. The highest BCUT2D eigenvalue weighted by molar-refractivity contribution is 5.18. The Morgan fingerprint density at radius 2 is 0.815 bits per heavy atom. The largest absolute Gasteiger partial charge is 0.428 e. The molecule has 0 bridgehead atoms. The Balaban J connectivity index is 2.13. The Kier molecular flexibility index (Phi) is 3.64. The van der Waals surface area contributed by atoms with Crippen LogP contribution in [0.5, 0.6) is 0 Å². The van der Waals surface area contributed by atoms with Crippen LogP contribution in [0.2, 0.25) is 0 Å². The van der Waals surface area contributed by atoms with Gasteiger partial charge in [0.25, 0.3) is 11.2 Å². The van der Waals surface area contributed by atoms with E-state index in [-0.39, 0.29) is 9.80 Å². The van der Waals surface area contributed by atoms with Crippen molar-refractivity contribution in [1.29, 1.82) is 0 Å². The number of hydrogen-bond donors (Lipinski definition) is 0. The molecule has 16 heteroatoms. The van der Waals surface area contributed by atoms with Crippen LogP contribution in [0.15, 0.2) is 12.4 Å². The van der Waals surface area contributed by atoms with Crippen molar-refractivity contribution in [2.45, 2.75) is 41.9 Å². The molecule has 0 aromatic carbocycles. The number of nitrogens with zero attached hydrogens (tertiary/aromatic N) is 2. The summed E-state index contributed by atoms with van der Waals surface area (Å²) >= 11 is 0. The fraction of sp³-hybridized carbons (Fsp3) is 0.818. The molecule has 0 saturated carbocycles. The summed E-state index contributed by atoms with van der Waals surface area (Å²) in [6.07, 6.45) is -24.0. The molecule has 2 saturated heterocycles. The lowest BCUT2D eigenvalue weighted by atomic mass is 10.0. The first-order chi connectivity index (χ1) is 11.8. The van der Waals surface area contributed by atoms with Crippen LogP contribution in [0.3, 0.4) is 0 Å². The summed E-state index contributed by atoms with van der Waals surface area (Å²) in [6, 6.07) is -3.71. The lowest BCUT2D eigenvalue weighted by molar-refractivity contribution is -0.454. The first-order valence-corrected chi connectivity index (χ1v) is 6.72. The van der Waals surface area contributed by atoms with Gasteiger partial charge in [0.15, 0.2) is 0 Å². The lowest BCUT2D eigenvalue weighted by Crippen LogP contribution is -2.62. The van der Waals surface area contributed by atoms with Crippen LogP contribution in [0, 0.1) is 0 Å². The van der Waals surface area contributed by atoms with Crippen LogP contribution < -0.4 is 0 Å². The van der Waals surface area contributed by atoms with E-state index in [0.717, 1.165) is 0 Å². The number of halogens is 12. The van der Waals surface area contributed by atoms with E-state index >= 15 is 0 Å². The standard InChI is InChI=1S/C11H6F12N2O2/c12-7(13,14)5(8(15,16)17)3-24-1-2-25-4-6(9(18,19)20,10(21,22)23)27-11(24,25)26-5/h1-2H,3-4H2. The minimum Gasteiger partial charge on any atom is -0.304 e. The molecule has 0 atom stereocenters. The van der Waals surface area contributed by atoms with Crippen molar-refractivity contribution in [3.05, 3.63) is 12.4 Å². The topological polar surface area (TPSA) is 24.9 Å². The maximum Gasteiger partial charge on any atom is 0.428 e. The van der Waals surface area contributed by atoms with E-state index in [1.807, 2.05) is 0 Å². The van der Waals surface area contributed by atoms with Gasteiger partial charge >= 0.3 is 30.7 Å². The van der Waals surface area contributed by atoms with Crippen LogP contribution in [0.1, 0.15) is 0 Å². The summed E-state index contributed by atoms with van der Waals surface area (Å²) < 4.78 is 165. The molecular weight excluding hydrogens is 420 g/mol. The molecule has 27 heavy (non-hydrogen) atoms. The van der Waals surface area contributed by atoms with Gasteiger partial charge in [-0.1, -0.05) is 0 Å². The van der Waals surface area contributed by atoms with Gasteiger partial charge in [0.1, 0.15) is 0 Å². The highest BCUT2D eigenvalue weighted by atomic mass is 19.4. The van der Waals surface area contributed by atoms with Gasteiger partial charge in [-0.25, -0.2) is 0 Å². The van der Waals surface area contributed by atoms with Crippen LogP contribution in [-0.4, -0.2) is 64.8 Å². The zero-order valence-corrected chi connectivity index (χ0v) is 12.3. The fourth-order valence-electron chi connectivity index (χ4n) is 2.98. The van der Waals surface area contributed by atoms with E-state index in [2.05, 4.69) is 9.47 Å². The smallest absolute Gasteiger partial charge is 0.304 e. The molecule has 4 nitrogen and oxygen atoms in total. The van der Waals surface area contributed by atoms with E-state index in [1.54, 1.807) is 0 Å². The SMILES string of the molecule is FC(F)(F)C1(C(F)(F)F)CN2C=CN3CC(C(F)(F)F)(C(F)(F)F)OC23O1. The summed E-state index contributed by atoms with van der Waals surface area (Å²) in [5, 5.41) is 0. The van der Waals surface area contributed by atoms with E-state index in [4.69, 9.17) is 0 Å². The van der Waals surface area contributed by atoms with E-state index < -0.39 is 55.0 Å². The van der Waals surface area contributed by atoms with Gasteiger partial charge in [-0.2, -0.15) is 52.7 Å². The Morgan fingerprint density at radius 1 is 0.556 bits per heavy atom. The Morgan fingerprint density at radius 3 is 1.04 bits per heavy atom. The molecule has 0 amide bonds. The van der Waals surface area contributed by atoms with Gasteiger partial charge in [0.05, 0.1) is 13.1 Å². The predicted molar refractivity (Wildman–Crippen MR) is 57.1 cm³/mol. The highest BCUT2D eigenvalue weighted by Gasteiger charge is 2.87. The van der Waals surface area contributed by atoms with Gasteiger partial charge in [-0.15, -0.1) is 0 Å². The average Bonchev–Trinajstić information content (AvgIpc) is 2.98. The van der Waals surface area contributed by atoms with Crippen LogP contribution in [-0.2, 0) is 9.47 Å². The first kappa shape index (κ1) is 20.2. The predicted octanol–water partition coefficient (Wildman–Crippen LogP) is 3.47. The third-order valence-electron chi connectivity index (χ3n) is 4.38. The van der Waals surface area contributed by atoms with Gasteiger partial charge < -0.3 is 9.80 Å². The quantitative estimate of drug-likeness (QED) is 0.554. The molecule has 0 N–H and O–H groups in total. The number of hydrogen-bond acceptors (Lipinski definition) is 4. The molecule has 0 aromatic heterocycles. The minimum absolute atomic E-state index is 0.146. The number of rotatable bonds is 0. The number of alkyl halides is 12. The van der Waals surface area contributed by atoms with Crippen molar-refractivity contribution < 1.29 is 62.2 Å². The highest BCUT2D eigenvalue weighted by Crippen LogP contribution is 2.61. The summed E-state index contributed by atoms with van der Waals surface area (Å²) in [5.74, 6) is 0. The third kappa shape index (κ3) is 2.28. The van der Waals surface area contributed by atoms with Crippen LogP contribution >= 0.6 is 0 Å². The Bertz CT molecular complexity index is 576. The monoisotopic (exact) mass is 426 g/mol. The lowest BCUT2D eigenvalue weighted by Gasteiger charge is -2.37. The first-order valence-electron chi connectivity index (χ1n) is 6.72. The molecule has 0 aliphatic carbocycles. The average molecular weight is 426 g/mol. The number of ether oxygens (including phenoxy) is 2. The molecule has 0 unspecified atom stereocenters. The molecule has 0 radical (unpaired) electrons. The summed E-state index contributed by atoms with van der Waals surface area (Å²) in [6.45, 7) is -4.31. The van der Waals surface area contributed by atoms with Gasteiger partial charge in [-0.3, -0.25) is 9.47 Å². The molecule has 156 valence electrons. The molecule has 3 aliphatic rings. The Labute approximate surface area is 140 Å². The molecule has 2 fully saturated rings. The van der Waals surface area contributed by atoms with Crippen LogP contribution in [0.4, 0.5) is 52.7 Å². The molecule has 3 heterocycles. The molecule has 3 rings (SSSR count). The van der Waals surface area contributed by atoms with Crippen molar-refractivity contribution in [3.8, 4) is 0 Å². The molecule has 1 spiro atoms. The summed E-state index contributed by atoms with van der Waals surface area (Å²) in [7, 11) is 0. The minimum atomic E-state index is -6.21. The van der Waals surface area contributed by atoms with Gasteiger partial charge in [0.2, 0.25) is 0 Å². The molecule has 3 aliphatic heterocycles. The van der Waals surface area contributed by atoms with Crippen molar-refractivity contribution in [1.82, 2.24) is 9.80 Å². The fourth-order valence-corrected chi connectivity index (χ4v) is 2.98. The second-order valence-electron chi connectivity index (χ2n) is 5.95. The second kappa shape index (κ2) is 4.87. The van der Waals surface area contributed by atoms with Crippen molar-refractivity contribution in [2.75, 3.05) is 13.1 Å². The second-order valence-corrected chi connectivity index (χ2v) is 5.95. The normalized spacial score (nSPS) is 26.5. The summed E-state index contributed by atoms with van der Waals surface area (Å²) in [5.41, 5.74) is -10.1. The van der Waals surface area contributed by atoms with Crippen molar-refractivity contribution in [3.63, 3.8) is 0 Å². The van der Waals surface area contributed by atoms with E-state index in [1.165, 1.54) is 0 Å². The van der Waals surface area contributed by atoms with Crippen molar-refractivity contribution in [2.24, 2.45) is 0 Å². The Hall–Kier alpha value is -1.58. The van der Waals surface area contributed by atoms with Crippen LogP contribution in [0.25, 0.3) is 0 Å². The zero-order valence-electron chi connectivity index (χ0n) is 12.3. The molecule has 0 aromatic rings. The van der Waals surface area contributed by atoms with E-state index in [0.29, 0.717) is 12.4 Å². The van der Waals surface area contributed by atoms with Gasteiger partial charge in [0, 0.05) is 12.4 Å². The maximum atomic E-state index is 13.1. The van der Waals surface area contributed by atoms with Gasteiger partial charge in [-0.05, 0) is 0 Å². The summed E-state index contributed by atoms with van der Waals surface area (Å²) in [4.78, 5) is -0.291. The zero-order chi connectivity index (χ0) is 20.9.